The summed E-state index contributed by atoms with van der Waals surface area (Å²) in [6, 6.07) is 16.3. The zero-order chi connectivity index (χ0) is 17.4. The van der Waals surface area contributed by atoms with E-state index in [1.807, 2.05) is 49.4 Å². The first-order valence-electron chi connectivity index (χ1n) is 8.36. The van der Waals surface area contributed by atoms with Crippen LogP contribution in [0.1, 0.15) is 22.9 Å². The summed E-state index contributed by atoms with van der Waals surface area (Å²) in [5.41, 5.74) is 3.34. The minimum atomic E-state index is 0. The van der Waals surface area contributed by atoms with Crippen molar-refractivity contribution in [1.29, 1.82) is 0 Å². The van der Waals surface area contributed by atoms with Gasteiger partial charge in [0, 0.05) is 29.6 Å². The highest BCUT2D eigenvalue weighted by molar-refractivity contribution is 14.0. The molecular weight excluding hydrogens is 461 g/mol. The van der Waals surface area contributed by atoms with Gasteiger partial charge in [-0.2, -0.15) is 0 Å². The van der Waals surface area contributed by atoms with Crippen LogP contribution < -0.4 is 5.32 Å². The van der Waals surface area contributed by atoms with Crippen molar-refractivity contribution >= 4 is 52.5 Å². The number of aliphatic imine (C=N–C) groups is 1. The molecule has 4 rings (SSSR count). The monoisotopic (exact) mass is 481 g/mol. The molecule has 0 saturated carbocycles. The molecule has 0 fully saturated rings. The lowest BCUT2D eigenvalue weighted by atomic mass is 10.1. The Labute approximate surface area is 175 Å². The number of para-hydroxylation sites is 1. The van der Waals surface area contributed by atoms with Crippen molar-refractivity contribution in [3.05, 3.63) is 70.4 Å². The Bertz CT molecular complexity index is 936. The van der Waals surface area contributed by atoms with Gasteiger partial charge in [0.25, 0.3) is 0 Å². The molecular formula is C20H21ClIN3O. The number of guanidine groups is 1. The summed E-state index contributed by atoms with van der Waals surface area (Å²) < 4.78 is 5.86. The number of aryl methyl sites for hydroxylation is 1. The molecule has 0 spiro atoms. The lowest BCUT2D eigenvalue weighted by Gasteiger charge is -2.21. The van der Waals surface area contributed by atoms with Gasteiger partial charge in [0.2, 0.25) is 0 Å². The van der Waals surface area contributed by atoms with Crippen molar-refractivity contribution in [3.63, 3.8) is 0 Å². The molecule has 0 amide bonds. The van der Waals surface area contributed by atoms with Crippen LogP contribution >= 0.6 is 35.6 Å². The average Bonchev–Trinajstić information content (AvgIpc) is 3.21. The molecule has 4 nitrogen and oxygen atoms in total. The summed E-state index contributed by atoms with van der Waals surface area (Å²) >= 11 is 5.97. The van der Waals surface area contributed by atoms with Crippen LogP contribution in [0.3, 0.4) is 0 Å². The average molecular weight is 482 g/mol. The van der Waals surface area contributed by atoms with E-state index in [1.165, 1.54) is 16.5 Å². The Morgan fingerprint density at radius 1 is 1.19 bits per heavy atom. The molecule has 1 aliphatic heterocycles. The fourth-order valence-electron chi connectivity index (χ4n) is 3.27. The van der Waals surface area contributed by atoms with Crippen molar-refractivity contribution in [2.75, 3.05) is 13.6 Å². The van der Waals surface area contributed by atoms with E-state index < -0.39 is 0 Å². The van der Waals surface area contributed by atoms with Gasteiger partial charge in [-0.3, -0.25) is 4.99 Å². The van der Waals surface area contributed by atoms with E-state index in [2.05, 4.69) is 28.3 Å². The normalized spacial score (nSPS) is 16.1. The summed E-state index contributed by atoms with van der Waals surface area (Å²) in [6.45, 7) is 3.50. The third-order valence-corrected chi connectivity index (χ3v) is 4.91. The van der Waals surface area contributed by atoms with E-state index >= 15 is 0 Å². The van der Waals surface area contributed by atoms with Gasteiger partial charge in [-0.15, -0.1) is 24.0 Å². The first-order valence-corrected chi connectivity index (χ1v) is 8.74. The number of halogens is 2. The summed E-state index contributed by atoms with van der Waals surface area (Å²) in [6.07, 6.45) is 0. The van der Waals surface area contributed by atoms with E-state index in [0.29, 0.717) is 0 Å². The number of nitrogens with one attached hydrogen (secondary N) is 1. The predicted molar refractivity (Wildman–Crippen MR) is 117 cm³/mol. The quantitative estimate of drug-likeness (QED) is 0.526. The number of furan rings is 1. The molecule has 0 radical (unpaired) electrons. The summed E-state index contributed by atoms with van der Waals surface area (Å²) in [5, 5.41) is 5.43. The second-order valence-electron chi connectivity index (χ2n) is 6.40. The standard InChI is InChI=1S/C20H20ClN3O.HI/c1-13-17(16-5-3-4-6-19(16)25-13)12-24(2)20-22-11-18(23-20)14-7-9-15(21)10-8-14;/h3-10,18H,11-12H2,1-2H3,(H,22,23);1H. The highest BCUT2D eigenvalue weighted by atomic mass is 127. The van der Waals surface area contributed by atoms with Crippen LogP contribution in [-0.2, 0) is 6.54 Å². The molecule has 1 unspecified atom stereocenters. The van der Waals surface area contributed by atoms with Crippen LogP contribution in [0, 0.1) is 6.92 Å². The van der Waals surface area contributed by atoms with Gasteiger partial charge in [-0.05, 0) is 30.7 Å². The molecule has 0 bridgehead atoms. The molecule has 3 aromatic rings. The molecule has 6 heteroatoms. The van der Waals surface area contributed by atoms with E-state index in [4.69, 9.17) is 16.0 Å². The summed E-state index contributed by atoms with van der Waals surface area (Å²) in [4.78, 5) is 6.81. The van der Waals surface area contributed by atoms with E-state index in [9.17, 15) is 0 Å². The highest BCUT2D eigenvalue weighted by Gasteiger charge is 2.23. The molecule has 0 aliphatic carbocycles. The van der Waals surface area contributed by atoms with Gasteiger partial charge in [0.15, 0.2) is 5.96 Å². The van der Waals surface area contributed by atoms with E-state index in [-0.39, 0.29) is 30.0 Å². The summed E-state index contributed by atoms with van der Waals surface area (Å²) in [5.74, 6) is 1.87. The maximum absolute atomic E-state index is 5.97. The second-order valence-corrected chi connectivity index (χ2v) is 6.84. The van der Waals surface area contributed by atoms with Crippen molar-refractivity contribution in [1.82, 2.24) is 10.2 Å². The second kappa shape index (κ2) is 7.88. The number of rotatable bonds is 3. The first-order chi connectivity index (χ1) is 12.1. The molecule has 136 valence electrons. The third kappa shape index (κ3) is 3.69. The molecule has 0 saturated heterocycles. The van der Waals surface area contributed by atoms with Gasteiger partial charge in [0.1, 0.15) is 11.3 Å². The molecule has 1 N–H and O–H groups in total. The topological polar surface area (TPSA) is 40.8 Å². The molecule has 1 aliphatic rings. The van der Waals surface area contributed by atoms with Crippen molar-refractivity contribution < 1.29 is 4.42 Å². The highest BCUT2D eigenvalue weighted by Crippen LogP contribution is 2.27. The van der Waals surface area contributed by atoms with Crippen LogP contribution in [0.25, 0.3) is 11.0 Å². The largest absolute Gasteiger partial charge is 0.461 e. The molecule has 2 aromatic carbocycles. The maximum Gasteiger partial charge on any atom is 0.194 e. The number of nitrogens with zero attached hydrogens (tertiary/aromatic N) is 2. The Balaban J connectivity index is 0.00000196. The Kier molecular flexibility index (Phi) is 5.77. The van der Waals surface area contributed by atoms with Gasteiger partial charge in [0.05, 0.1) is 12.6 Å². The van der Waals surface area contributed by atoms with Crippen molar-refractivity contribution in [3.8, 4) is 0 Å². The predicted octanol–water partition coefficient (Wildman–Crippen LogP) is 5.14. The fourth-order valence-corrected chi connectivity index (χ4v) is 3.40. The molecule has 26 heavy (non-hydrogen) atoms. The number of hydrogen-bond acceptors (Lipinski definition) is 4. The van der Waals surface area contributed by atoms with Crippen LogP contribution in [0.15, 0.2) is 57.9 Å². The zero-order valence-electron chi connectivity index (χ0n) is 14.7. The maximum atomic E-state index is 5.97. The lowest BCUT2D eigenvalue weighted by Crippen LogP contribution is -2.36. The minimum Gasteiger partial charge on any atom is -0.461 e. The Morgan fingerprint density at radius 3 is 2.69 bits per heavy atom. The molecule has 1 atom stereocenters. The Hall–Kier alpha value is -1.73. The van der Waals surface area contributed by atoms with Gasteiger partial charge in [-0.1, -0.05) is 41.9 Å². The van der Waals surface area contributed by atoms with E-state index in [1.54, 1.807) is 0 Å². The number of benzene rings is 2. The van der Waals surface area contributed by atoms with Gasteiger partial charge in [-0.25, -0.2) is 0 Å². The minimum absolute atomic E-state index is 0. The van der Waals surface area contributed by atoms with Crippen LogP contribution in [0.2, 0.25) is 5.02 Å². The number of fused-ring (bicyclic) bond motifs is 1. The third-order valence-electron chi connectivity index (χ3n) is 4.66. The van der Waals surface area contributed by atoms with Crippen LogP contribution in [0.5, 0.6) is 0 Å². The molecule has 2 heterocycles. The van der Waals surface area contributed by atoms with Crippen LogP contribution in [-0.4, -0.2) is 24.5 Å². The van der Waals surface area contributed by atoms with Crippen LogP contribution in [0.4, 0.5) is 0 Å². The Morgan fingerprint density at radius 2 is 1.92 bits per heavy atom. The molecule has 1 aromatic heterocycles. The SMILES string of the molecule is Cc1oc2ccccc2c1CN(C)C1=NCC(c2ccc(Cl)cc2)N1.I. The van der Waals surface area contributed by atoms with Crippen molar-refractivity contribution in [2.24, 2.45) is 4.99 Å². The summed E-state index contributed by atoms with van der Waals surface area (Å²) in [7, 11) is 2.05. The zero-order valence-corrected chi connectivity index (χ0v) is 17.8. The van der Waals surface area contributed by atoms with Crippen molar-refractivity contribution in [2.45, 2.75) is 19.5 Å². The van der Waals surface area contributed by atoms with Gasteiger partial charge < -0.3 is 14.6 Å². The first kappa shape index (κ1) is 19.0. The lowest BCUT2D eigenvalue weighted by molar-refractivity contribution is 0.471. The number of hydrogen-bond donors (Lipinski definition) is 1. The smallest absolute Gasteiger partial charge is 0.194 e. The van der Waals surface area contributed by atoms with Gasteiger partial charge >= 0.3 is 0 Å². The van der Waals surface area contributed by atoms with E-state index in [0.717, 1.165) is 35.4 Å². The fraction of sp³-hybridized carbons (Fsp3) is 0.250.